The van der Waals surface area contributed by atoms with Crippen molar-refractivity contribution in [1.82, 2.24) is 15.0 Å². The van der Waals surface area contributed by atoms with Crippen molar-refractivity contribution >= 4 is 22.8 Å². The molecular formula is C19H20N4O2. The summed E-state index contributed by atoms with van der Waals surface area (Å²) in [4.78, 5) is 25.8. The number of aryl methyl sites for hydroxylation is 3. The van der Waals surface area contributed by atoms with Crippen molar-refractivity contribution in [3.8, 4) is 5.88 Å². The molecule has 0 unspecified atom stereocenters. The molecule has 0 spiro atoms. The summed E-state index contributed by atoms with van der Waals surface area (Å²) in [5.41, 5.74) is 4.74. The first-order valence-electron chi connectivity index (χ1n) is 8.13. The molecule has 0 saturated carbocycles. The SMILES string of the molecule is CCOc1nc2cc(C)c(C)cc2nc1C(=O)Nc1cc(C)ccn1. The molecule has 6 heteroatoms. The summed E-state index contributed by atoms with van der Waals surface area (Å²) in [7, 11) is 0. The average Bonchev–Trinajstić information content (AvgIpc) is 2.56. The molecule has 0 aliphatic heterocycles. The Hall–Kier alpha value is -3.02. The van der Waals surface area contributed by atoms with Crippen LogP contribution in [0.15, 0.2) is 30.5 Å². The number of amides is 1. The third kappa shape index (κ3) is 3.57. The normalized spacial score (nSPS) is 10.7. The Balaban J connectivity index is 2.04. The predicted octanol–water partition coefficient (Wildman–Crippen LogP) is 3.60. The average molecular weight is 336 g/mol. The summed E-state index contributed by atoms with van der Waals surface area (Å²) >= 11 is 0. The number of pyridine rings is 1. The van der Waals surface area contributed by atoms with Gasteiger partial charge in [-0.25, -0.2) is 15.0 Å². The van der Waals surface area contributed by atoms with E-state index in [9.17, 15) is 4.79 Å². The second-order valence-electron chi connectivity index (χ2n) is 5.91. The summed E-state index contributed by atoms with van der Waals surface area (Å²) in [5.74, 6) is 0.298. The van der Waals surface area contributed by atoms with Crippen LogP contribution in [0.1, 0.15) is 34.1 Å². The monoisotopic (exact) mass is 336 g/mol. The molecule has 6 nitrogen and oxygen atoms in total. The maximum atomic E-state index is 12.7. The highest BCUT2D eigenvalue weighted by Crippen LogP contribution is 2.23. The number of ether oxygens (including phenoxy) is 1. The van der Waals surface area contributed by atoms with Gasteiger partial charge in [-0.1, -0.05) is 0 Å². The number of benzene rings is 1. The van der Waals surface area contributed by atoms with Gasteiger partial charge in [0.1, 0.15) is 5.82 Å². The number of anilines is 1. The Morgan fingerprint density at radius 1 is 1.08 bits per heavy atom. The van der Waals surface area contributed by atoms with Gasteiger partial charge in [-0.3, -0.25) is 4.79 Å². The summed E-state index contributed by atoms with van der Waals surface area (Å²) in [6, 6.07) is 7.53. The highest BCUT2D eigenvalue weighted by molar-refractivity contribution is 6.05. The zero-order valence-corrected chi connectivity index (χ0v) is 14.8. The third-order valence-electron chi connectivity index (χ3n) is 3.90. The molecule has 0 atom stereocenters. The Labute approximate surface area is 146 Å². The Morgan fingerprint density at radius 2 is 1.76 bits per heavy atom. The van der Waals surface area contributed by atoms with E-state index in [0.29, 0.717) is 23.5 Å². The maximum Gasteiger partial charge on any atom is 0.281 e. The number of hydrogen-bond donors (Lipinski definition) is 1. The van der Waals surface area contributed by atoms with Crippen LogP contribution in [0.25, 0.3) is 11.0 Å². The molecule has 0 radical (unpaired) electrons. The van der Waals surface area contributed by atoms with Crippen molar-refractivity contribution in [2.75, 3.05) is 11.9 Å². The number of fused-ring (bicyclic) bond motifs is 1. The molecule has 0 bridgehead atoms. The number of nitrogens with one attached hydrogen (secondary N) is 1. The second kappa shape index (κ2) is 6.84. The van der Waals surface area contributed by atoms with Gasteiger partial charge in [0.05, 0.1) is 17.6 Å². The topological polar surface area (TPSA) is 77.0 Å². The number of nitrogens with zero attached hydrogens (tertiary/aromatic N) is 3. The maximum absolute atomic E-state index is 12.7. The van der Waals surface area contributed by atoms with Crippen LogP contribution in [-0.2, 0) is 0 Å². The lowest BCUT2D eigenvalue weighted by molar-refractivity contribution is 0.101. The lowest BCUT2D eigenvalue weighted by Gasteiger charge is -2.11. The summed E-state index contributed by atoms with van der Waals surface area (Å²) < 4.78 is 5.54. The van der Waals surface area contributed by atoms with E-state index in [1.54, 1.807) is 12.3 Å². The lowest BCUT2D eigenvalue weighted by atomic mass is 10.1. The first-order valence-corrected chi connectivity index (χ1v) is 8.13. The van der Waals surface area contributed by atoms with Crippen LogP contribution in [-0.4, -0.2) is 27.5 Å². The summed E-state index contributed by atoms with van der Waals surface area (Å²) in [6.07, 6.45) is 1.65. The van der Waals surface area contributed by atoms with Gasteiger partial charge in [-0.15, -0.1) is 0 Å². The van der Waals surface area contributed by atoms with Crippen molar-refractivity contribution in [3.63, 3.8) is 0 Å². The van der Waals surface area contributed by atoms with Crippen molar-refractivity contribution < 1.29 is 9.53 Å². The van der Waals surface area contributed by atoms with Crippen molar-refractivity contribution in [2.45, 2.75) is 27.7 Å². The molecule has 1 amide bonds. The standard InChI is InChI=1S/C19H20N4O2/c1-5-25-19-17(18(24)23-16-8-11(2)6-7-20-16)21-14-9-12(3)13(4)10-15(14)22-19/h6-10H,5H2,1-4H3,(H,20,23,24). The third-order valence-corrected chi connectivity index (χ3v) is 3.90. The van der Waals surface area contributed by atoms with E-state index in [1.165, 1.54) is 0 Å². The molecule has 2 aromatic heterocycles. The van der Waals surface area contributed by atoms with Gasteiger partial charge >= 0.3 is 0 Å². The molecule has 0 saturated heterocycles. The van der Waals surface area contributed by atoms with E-state index in [-0.39, 0.29) is 11.6 Å². The largest absolute Gasteiger partial charge is 0.476 e. The first kappa shape index (κ1) is 16.8. The number of carbonyl (C=O) groups excluding carboxylic acids is 1. The molecule has 0 aliphatic carbocycles. The fourth-order valence-corrected chi connectivity index (χ4v) is 2.46. The van der Waals surface area contributed by atoms with Crippen LogP contribution in [0.3, 0.4) is 0 Å². The summed E-state index contributed by atoms with van der Waals surface area (Å²) in [5, 5.41) is 2.76. The zero-order valence-electron chi connectivity index (χ0n) is 14.8. The number of hydrogen-bond acceptors (Lipinski definition) is 5. The minimum absolute atomic E-state index is 0.154. The molecule has 3 aromatic rings. The highest BCUT2D eigenvalue weighted by Gasteiger charge is 2.19. The van der Waals surface area contributed by atoms with Crippen molar-refractivity contribution in [1.29, 1.82) is 0 Å². The van der Waals surface area contributed by atoms with Crippen LogP contribution in [0.2, 0.25) is 0 Å². The molecule has 1 aromatic carbocycles. The summed E-state index contributed by atoms with van der Waals surface area (Å²) in [6.45, 7) is 8.19. The number of carbonyl (C=O) groups is 1. The molecule has 25 heavy (non-hydrogen) atoms. The second-order valence-corrected chi connectivity index (χ2v) is 5.91. The molecule has 3 rings (SSSR count). The fourth-order valence-electron chi connectivity index (χ4n) is 2.46. The van der Waals surface area contributed by atoms with E-state index < -0.39 is 5.91 Å². The van der Waals surface area contributed by atoms with Crippen molar-refractivity contribution in [3.05, 3.63) is 52.8 Å². The highest BCUT2D eigenvalue weighted by atomic mass is 16.5. The van der Waals surface area contributed by atoms with E-state index in [1.807, 2.05) is 45.9 Å². The molecule has 0 fully saturated rings. The Morgan fingerprint density at radius 3 is 2.40 bits per heavy atom. The van der Waals surface area contributed by atoms with E-state index >= 15 is 0 Å². The van der Waals surface area contributed by atoms with Gasteiger partial charge in [-0.2, -0.15) is 0 Å². The van der Waals surface area contributed by atoms with Gasteiger partial charge in [0.25, 0.3) is 5.91 Å². The Bertz CT molecular complexity index is 954. The molecular weight excluding hydrogens is 316 g/mol. The fraction of sp³-hybridized carbons (Fsp3) is 0.263. The van der Waals surface area contributed by atoms with Gasteiger partial charge in [0, 0.05) is 6.20 Å². The van der Waals surface area contributed by atoms with Gasteiger partial charge in [0.15, 0.2) is 5.69 Å². The van der Waals surface area contributed by atoms with Gasteiger partial charge in [-0.05, 0) is 68.7 Å². The van der Waals surface area contributed by atoms with Crippen molar-refractivity contribution in [2.24, 2.45) is 0 Å². The number of aromatic nitrogens is 3. The molecule has 128 valence electrons. The van der Waals surface area contributed by atoms with Crippen LogP contribution < -0.4 is 10.1 Å². The van der Waals surface area contributed by atoms with Crippen LogP contribution >= 0.6 is 0 Å². The quantitative estimate of drug-likeness (QED) is 0.787. The number of rotatable bonds is 4. The van der Waals surface area contributed by atoms with Gasteiger partial charge in [0.2, 0.25) is 5.88 Å². The predicted molar refractivity (Wildman–Crippen MR) is 97.1 cm³/mol. The van der Waals surface area contributed by atoms with E-state index in [4.69, 9.17) is 4.74 Å². The molecule has 2 heterocycles. The van der Waals surface area contributed by atoms with E-state index in [0.717, 1.165) is 16.7 Å². The lowest BCUT2D eigenvalue weighted by Crippen LogP contribution is -2.17. The smallest absolute Gasteiger partial charge is 0.281 e. The van der Waals surface area contributed by atoms with Crippen LogP contribution in [0, 0.1) is 20.8 Å². The molecule has 0 aliphatic rings. The zero-order chi connectivity index (χ0) is 18.0. The first-order chi connectivity index (χ1) is 12.0. The Kier molecular flexibility index (Phi) is 4.61. The van der Waals surface area contributed by atoms with E-state index in [2.05, 4.69) is 20.3 Å². The van der Waals surface area contributed by atoms with Crippen LogP contribution in [0.4, 0.5) is 5.82 Å². The van der Waals surface area contributed by atoms with Crippen LogP contribution in [0.5, 0.6) is 5.88 Å². The minimum Gasteiger partial charge on any atom is -0.476 e. The van der Waals surface area contributed by atoms with Gasteiger partial charge < -0.3 is 10.1 Å². The minimum atomic E-state index is -0.394. The molecule has 1 N–H and O–H groups in total.